The van der Waals surface area contributed by atoms with Crippen molar-refractivity contribution in [3.63, 3.8) is 0 Å². The van der Waals surface area contributed by atoms with Crippen LogP contribution in [0.3, 0.4) is 0 Å². The van der Waals surface area contributed by atoms with Crippen molar-refractivity contribution < 1.29 is 23.2 Å². The minimum atomic E-state index is -0.693. The van der Waals surface area contributed by atoms with E-state index in [0.29, 0.717) is 22.3 Å². The maximum absolute atomic E-state index is 13.3. The van der Waals surface area contributed by atoms with Gasteiger partial charge in [-0.15, -0.1) is 0 Å². The molecule has 0 saturated heterocycles. The highest BCUT2D eigenvalue weighted by Gasteiger charge is 2.16. The van der Waals surface area contributed by atoms with Crippen molar-refractivity contribution in [1.29, 1.82) is 0 Å². The van der Waals surface area contributed by atoms with Crippen LogP contribution in [0, 0.1) is 12.7 Å². The normalized spacial score (nSPS) is 11.0. The zero-order valence-electron chi connectivity index (χ0n) is 15.1. The first-order valence-electron chi connectivity index (χ1n) is 8.34. The lowest BCUT2D eigenvalue weighted by Gasteiger charge is -2.08. The average Bonchev–Trinajstić information content (AvgIpc) is 3.07. The van der Waals surface area contributed by atoms with Crippen LogP contribution in [-0.2, 0) is 9.53 Å². The Morgan fingerprint density at radius 2 is 2.04 bits per heavy atom. The van der Waals surface area contributed by atoms with Crippen LogP contribution >= 0.6 is 0 Å². The summed E-state index contributed by atoms with van der Waals surface area (Å²) in [4.78, 5) is 28.4. The Hall–Kier alpha value is -3.29. The smallest absolute Gasteiger partial charge is 0.340 e. The van der Waals surface area contributed by atoms with Crippen molar-refractivity contribution >= 4 is 28.7 Å². The third-order valence-corrected chi connectivity index (χ3v) is 3.91. The van der Waals surface area contributed by atoms with Gasteiger partial charge in [-0.25, -0.2) is 9.18 Å². The molecule has 0 aliphatic carbocycles. The molecule has 8 heteroatoms. The van der Waals surface area contributed by atoms with Crippen LogP contribution in [0.4, 0.5) is 10.3 Å². The van der Waals surface area contributed by atoms with Crippen molar-refractivity contribution in [2.45, 2.75) is 26.7 Å². The number of nitrogens with one attached hydrogen (secondary N) is 1. The summed E-state index contributed by atoms with van der Waals surface area (Å²) in [6.07, 6.45) is 0. The van der Waals surface area contributed by atoms with Gasteiger partial charge in [-0.1, -0.05) is 19.0 Å². The van der Waals surface area contributed by atoms with Crippen LogP contribution in [-0.4, -0.2) is 28.6 Å². The van der Waals surface area contributed by atoms with Crippen molar-refractivity contribution in [2.75, 3.05) is 11.9 Å². The van der Waals surface area contributed by atoms with E-state index in [4.69, 9.17) is 9.26 Å². The molecule has 7 nitrogen and oxygen atoms in total. The Labute approximate surface area is 154 Å². The quantitative estimate of drug-likeness (QED) is 0.689. The Kier molecular flexibility index (Phi) is 5.16. The summed E-state index contributed by atoms with van der Waals surface area (Å²) in [5.74, 6) is -1.31. The molecule has 1 amide bonds. The van der Waals surface area contributed by atoms with Crippen molar-refractivity contribution in [3.05, 3.63) is 53.1 Å². The average molecular weight is 371 g/mol. The van der Waals surface area contributed by atoms with E-state index in [-0.39, 0.29) is 17.4 Å². The summed E-state index contributed by atoms with van der Waals surface area (Å²) in [7, 11) is 0. The van der Waals surface area contributed by atoms with Gasteiger partial charge in [0.15, 0.2) is 6.61 Å². The van der Waals surface area contributed by atoms with Crippen LogP contribution in [0.2, 0.25) is 0 Å². The molecule has 3 rings (SSSR count). The van der Waals surface area contributed by atoms with Gasteiger partial charge in [0.2, 0.25) is 5.88 Å². The molecule has 2 aromatic heterocycles. The topological polar surface area (TPSA) is 94.3 Å². The number of ether oxygens (including phenoxy) is 1. The van der Waals surface area contributed by atoms with Crippen LogP contribution in [0.25, 0.3) is 10.9 Å². The molecule has 140 valence electrons. The summed E-state index contributed by atoms with van der Waals surface area (Å²) in [6.45, 7) is 5.01. The molecule has 3 aromatic rings. The Morgan fingerprint density at radius 3 is 2.74 bits per heavy atom. The van der Waals surface area contributed by atoms with Crippen LogP contribution in [0.15, 0.2) is 34.9 Å². The van der Waals surface area contributed by atoms with Gasteiger partial charge in [-0.2, -0.15) is 0 Å². The molecule has 2 heterocycles. The molecular weight excluding hydrogens is 353 g/mol. The van der Waals surface area contributed by atoms with Gasteiger partial charge in [0.1, 0.15) is 5.82 Å². The lowest BCUT2D eigenvalue weighted by atomic mass is 10.1. The predicted molar refractivity (Wildman–Crippen MR) is 95.9 cm³/mol. The number of amides is 1. The molecule has 0 unspecified atom stereocenters. The van der Waals surface area contributed by atoms with E-state index < -0.39 is 24.3 Å². The highest BCUT2D eigenvalue weighted by molar-refractivity contribution is 5.97. The van der Waals surface area contributed by atoms with Crippen molar-refractivity contribution in [2.24, 2.45) is 0 Å². The summed E-state index contributed by atoms with van der Waals surface area (Å²) < 4.78 is 23.3. The molecular formula is C19H18FN3O4. The van der Waals surface area contributed by atoms with Gasteiger partial charge in [-0.05, 0) is 31.0 Å². The van der Waals surface area contributed by atoms with Crippen LogP contribution < -0.4 is 5.32 Å². The zero-order valence-corrected chi connectivity index (χ0v) is 15.1. The molecule has 0 radical (unpaired) electrons. The number of hydrogen-bond donors (Lipinski definition) is 1. The molecule has 0 spiro atoms. The number of aromatic nitrogens is 2. The van der Waals surface area contributed by atoms with E-state index >= 15 is 0 Å². The number of aryl methyl sites for hydroxylation is 1. The largest absolute Gasteiger partial charge is 0.452 e. The number of rotatable bonds is 5. The first-order valence-corrected chi connectivity index (χ1v) is 8.34. The summed E-state index contributed by atoms with van der Waals surface area (Å²) in [6, 6.07) is 7.26. The van der Waals surface area contributed by atoms with E-state index in [1.165, 1.54) is 18.2 Å². The summed E-state index contributed by atoms with van der Waals surface area (Å²) in [5, 5.41) is 6.90. The second-order valence-corrected chi connectivity index (χ2v) is 6.35. The second kappa shape index (κ2) is 7.53. The maximum Gasteiger partial charge on any atom is 0.340 e. The number of anilines is 1. The molecule has 0 fully saturated rings. The molecule has 0 aliphatic rings. The molecule has 0 atom stereocenters. The van der Waals surface area contributed by atoms with Gasteiger partial charge >= 0.3 is 5.97 Å². The lowest BCUT2D eigenvalue weighted by Crippen LogP contribution is -2.21. The highest BCUT2D eigenvalue weighted by Crippen LogP contribution is 2.19. The number of nitrogens with zero attached hydrogens (tertiary/aromatic N) is 2. The molecule has 0 bridgehead atoms. The van der Waals surface area contributed by atoms with E-state index in [1.54, 1.807) is 19.1 Å². The zero-order chi connectivity index (χ0) is 19.6. The van der Waals surface area contributed by atoms with Crippen LogP contribution in [0.5, 0.6) is 0 Å². The SMILES string of the molecule is Cc1nc2cc(F)ccc2cc1C(=O)OCC(=O)Nc1cc(C(C)C)no1. The van der Waals surface area contributed by atoms with Gasteiger partial charge in [0.05, 0.1) is 22.5 Å². The number of carbonyl (C=O) groups is 2. The van der Waals surface area contributed by atoms with Gasteiger partial charge < -0.3 is 9.26 Å². The minimum Gasteiger partial charge on any atom is -0.452 e. The fourth-order valence-corrected chi connectivity index (χ4v) is 2.45. The van der Waals surface area contributed by atoms with Gasteiger partial charge in [0, 0.05) is 17.5 Å². The first kappa shape index (κ1) is 18.5. The molecule has 0 saturated carbocycles. The highest BCUT2D eigenvalue weighted by atomic mass is 19.1. The first-order chi connectivity index (χ1) is 12.8. The maximum atomic E-state index is 13.3. The summed E-state index contributed by atoms with van der Waals surface area (Å²) >= 11 is 0. The number of benzene rings is 1. The fourth-order valence-electron chi connectivity index (χ4n) is 2.45. The van der Waals surface area contributed by atoms with E-state index in [1.807, 2.05) is 13.8 Å². The number of pyridine rings is 1. The fraction of sp³-hybridized carbons (Fsp3) is 0.263. The Balaban J connectivity index is 1.64. The number of esters is 1. The lowest BCUT2D eigenvalue weighted by molar-refractivity contribution is -0.119. The number of hydrogen-bond acceptors (Lipinski definition) is 6. The van der Waals surface area contributed by atoms with Crippen molar-refractivity contribution in [3.8, 4) is 0 Å². The van der Waals surface area contributed by atoms with E-state index in [0.717, 1.165) is 0 Å². The van der Waals surface area contributed by atoms with Gasteiger partial charge in [0.25, 0.3) is 5.91 Å². The molecule has 27 heavy (non-hydrogen) atoms. The van der Waals surface area contributed by atoms with E-state index in [2.05, 4.69) is 15.5 Å². The monoisotopic (exact) mass is 371 g/mol. The Morgan fingerprint density at radius 1 is 1.26 bits per heavy atom. The standard InChI is InChI=1S/C19H18FN3O4/c1-10(2)15-8-18(27-23-15)22-17(24)9-26-19(25)14-6-12-4-5-13(20)7-16(12)21-11(14)3/h4-8,10H,9H2,1-3H3,(H,22,24). The van der Waals surface area contributed by atoms with Gasteiger partial charge in [-0.3, -0.25) is 15.1 Å². The third kappa shape index (κ3) is 4.28. The number of fused-ring (bicyclic) bond motifs is 1. The third-order valence-electron chi connectivity index (χ3n) is 3.91. The molecule has 0 aliphatic heterocycles. The van der Waals surface area contributed by atoms with E-state index in [9.17, 15) is 14.0 Å². The number of halogens is 1. The second-order valence-electron chi connectivity index (χ2n) is 6.35. The summed E-state index contributed by atoms with van der Waals surface area (Å²) in [5.41, 5.74) is 1.74. The molecule has 1 N–H and O–H groups in total. The van der Waals surface area contributed by atoms with Crippen LogP contribution in [0.1, 0.15) is 41.5 Å². The Bertz CT molecular complexity index is 1010. The number of carbonyl (C=O) groups excluding carboxylic acids is 2. The predicted octanol–water partition coefficient (Wildman–Crippen LogP) is 3.59. The minimum absolute atomic E-state index is 0.161. The molecule has 1 aromatic carbocycles. The van der Waals surface area contributed by atoms with Crippen molar-refractivity contribution in [1.82, 2.24) is 10.1 Å².